The number of benzene rings is 2. The largest absolute Gasteiger partial charge is 0.501 e. The predicted molar refractivity (Wildman–Crippen MR) is 170 cm³/mol. The molecule has 0 unspecified atom stereocenters. The van der Waals surface area contributed by atoms with Crippen LogP contribution < -0.4 is 4.57 Å². The van der Waals surface area contributed by atoms with Crippen molar-refractivity contribution in [1.82, 2.24) is 4.57 Å². The molecule has 0 fully saturated rings. The Morgan fingerprint density at radius 3 is 1.68 bits per heavy atom. The van der Waals surface area contributed by atoms with Crippen molar-refractivity contribution in [3.63, 3.8) is 0 Å². The Hall–Kier alpha value is -3.40. The first kappa shape index (κ1) is 30.6. The third-order valence-corrected chi connectivity index (χ3v) is 8.42. The number of allylic oxidation sites excluding steroid dienone is 3. The van der Waals surface area contributed by atoms with Gasteiger partial charge in [-0.05, 0) is 35.2 Å². The highest BCUT2D eigenvalue weighted by molar-refractivity contribution is 6.11. The van der Waals surface area contributed by atoms with Crippen LogP contribution in [0.2, 0.25) is 0 Å². The molecule has 1 aliphatic rings. The molecule has 0 amide bonds. The van der Waals surface area contributed by atoms with Crippen LogP contribution in [0, 0.1) is 5.41 Å². The van der Waals surface area contributed by atoms with Crippen LogP contribution >= 0.6 is 0 Å². The van der Waals surface area contributed by atoms with Crippen molar-refractivity contribution < 1.29 is 14.5 Å². The lowest BCUT2D eigenvalue weighted by Gasteiger charge is -2.21. The van der Waals surface area contributed by atoms with Crippen LogP contribution in [0.25, 0.3) is 17.1 Å². The fourth-order valence-corrected chi connectivity index (χ4v) is 5.95. The number of imidazole rings is 1. The first-order chi connectivity index (χ1) is 19.1. The fraction of sp³-hybridized carbons (Fsp3) is 0.459. The molecule has 0 bridgehead atoms. The molecule has 0 aliphatic heterocycles. The van der Waals surface area contributed by atoms with Gasteiger partial charge in [-0.25, -0.2) is 0 Å². The maximum atomic E-state index is 13.5. The predicted octanol–water partition coefficient (Wildman–Crippen LogP) is 9.46. The second-order valence-corrected chi connectivity index (χ2v) is 13.8. The lowest BCUT2D eigenvalue weighted by atomic mass is 9.85. The maximum Gasteiger partial charge on any atom is 0.335 e. The Kier molecular flexibility index (Phi) is 8.55. The van der Waals surface area contributed by atoms with E-state index in [1.165, 1.54) is 22.3 Å². The Morgan fingerprint density at radius 2 is 1.27 bits per heavy atom. The summed E-state index contributed by atoms with van der Waals surface area (Å²) in [5.74, 6) is 1.68. The van der Waals surface area contributed by atoms with Gasteiger partial charge in [0.25, 0.3) is 0 Å². The minimum atomic E-state index is -0.153. The van der Waals surface area contributed by atoms with Gasteiger partial charge in [0.2, 0.25) is 5.76 Å². The van der Waals surface area contributed by atoms with Crippen molar-refractivity contribution in [2.24, 2.45) is 5.41 Å². The zero-order valence-electron chi connectivity index (χ0n) is 27.0. The average Bonchev–Trinajstić information content (AvgIpc) is 3.51. The van der Waals surface area contributed by atoms with Gasteiger partial charge in [-0.15, -0.1) is 0 Å². The molecule has 1 aliphatic carbocycles. The van der Waals surface area contributed by atoms with E-state index >= 15 is 0 Å². The zero-order valence-corrected chi connectivity index (χ0v) is 27.0. The molecule has 0 saturated carbocycles. The van der Waals surface area contributed by atoms with E-state index in [2.05, 4.69) is 134 Å². The summed E-state index contributed by atoms with van der Waals surface area (Å²) >= 11 is 0. The minimum absolute atomic E-state index is 0.0528. The Bertz CT molecular complexity index is 1390. The second kappa shape index (κ2) is 11.5. The molecule has 1 N–H and O–H groups in total. The monoisotopic (exact) mass is 553 g/mol. The van der Waals surface area contributed by atoms with E-state index < -0.39 is 0 Å². The summed E-state index contributed by atoms with van der Waals surface area (Å²) in [6.45, 7) is 24.1. The van der Waals surface area contributed by atoms with Crippen LogP contribution in [-0.2, 0) is 4.79 Å². The number of aliphatic hydroxyl groups excluding tert-OH is 1. The van der Waals surface area contributed by atoms with Crippen molar-refractivity contribution in [2.75, 3.05) is 0 Å². The van der Waals surface area contributed by atoms with Crippen molar-refractivity contribution in [2.45, 2.75) is 106 Å². The third-order valence-electron chi connectivity index (χ3n) is 8.42. The number of carbonyl (C=O) groups is 1. The van der Waals surface area contributed by atoms with Gasteiger partial charge in [-0.2, -0.15) is 9.13 Å². The summed E-state index contributed by atoms with van der Waals surface area (Å²) < 4.78 is 4.27. The lowest BCUT2D eigenvalue weighted by molar-refractivity contribution is -0.599. The number of aromatic nitrogens is 2. The molecule has 41 heavy (non-hydrogen) atoms. The Morgan fingerprint density at radius 1 is 0.805 bits per heavy atom. The number of aliphatic hydroxyl groups is 1. The Balaban J connectivity index is 2.16. The standard InChI is InChI=1S/C37H48N2O2/c1-22(2)27-14-12-15-28(23(3)4)33(27)38-18-19-39(34-29(24(5)6)16-13-17-30(34)25(7)8)36(38)35(41)31-20-26(21-32(31)40)37(9,10)11/h12-19,21-25H,20H2,1-11H3/p+1. The summed E-state index contributed by atoms with van der Waals surface area (Å²) in [7, 11) is 0. The van der Waals surface area contributed by atoms with Gasteiger partial charge in [0.1, 0.15) is 23.8 Å². The summed E-state index contributed by atoms with van der Waals surface area (Å²) in [4.78, 5) is 13.5. The number of hydrogen-bond donors (Lipinski definition) is 1. The van der Waals surface area contributed by atoms with E-state index in [-0.39, 0.29) is 40.6 Å². The second-order valence-electron chi connectivity index (χ2n) is 13.8. The molecule has 0 radical (unpaired) electrons. The third kappa shape index (κ3) is 5.71. The van der Waals surface area contributed by atoms with Crippen molar-refractivity contribution >= 4 is 11.5 Å². The number of hydrogen-bond acceptors (Lipinski definition) is 2. The van der Waals surface area contributed by atoms with E-state index in [1.807, 2.05) is 0 Å². The normalized spacial score (nSPS) is 15.6. The van der Waals surface area contributed by atoms with Crippen molar-refractivity contribution in [1.29, 1.82) is 0 Å². The molecular weight excluding hydrogens is 504 g/mol. The molecular formula is C37H49N2O2+. The van der Waals surface area contributed by atoms with Gasteiger partial charge < -0.3 is 5.11 Å². The molecule has 3 aromatic rings. The van der Waals surface area contributed by atoms with Gasteiger partial charge in [0.05, 0.1) is 5.57 Å². The van der Waals surface area contributed by atoms with Crippen LogP contribution in [0.1, 0.15) is 134 Å². The van der Waals surface area contributed by atoms with Crippen LogP contribution in [0.3, 0.4) is 0 Å². The molecule has 1 aromatic heterocycles. The van der Waals surface area contributed by atoms with E-state index in [1.54, 1.807) is 6.08 Å². The van der Waals surface area contributed by atoms with Crippen LogP contribution in [0.4, 0.5) is 0 Å². The molecule has 0 atom stereocenters. The quantitative estimate of drug-likeness (QED) is 0.180. The number of nitrogens with zero attached hydrogens (tertiary/aromatic N) is 2. The molecule has 1 heterocycles. The van der Waals surface area contributed by atoms with Gasteiger partial charge in [0, 0.05) is 28.7 Å². The molecule has 0 spiro atoms. The van der Waals surface area contributed by atoms with Crippen LogP contribution in [0.5, 0.6) is 0 Å². The molecule has 4 rings (SSSR count). The SMILES string of the molecule is CC(C)c1cccc(C(C)C)c1-n1cc[n+](-c2c(C(C)C)cccc2C(C)C)c1/C(O)=C1/CC(C(C)(C)C)=CC1=O. The maximum absolute atomic E-state index is 13.5. The molecule has 0 saturated heterocycles. The number of carbonyl (C=O) groups excluding carboxylic acids is 1. The number of para-hydroxylation sites is 2. The Labute approximate surface area is 247 Å². The number of rotatable bonds is 7. The zero-order chi connectivity index (χ0) is 30.4. The van der Waals surface area contributed by atoms with Gasteiger partial charge in [-0.3, -0.25) is 4.79 Å². The molecule has 4 heteroatoms. The highest BCUT2D eigenvalue weighted by Crippen LogP contribution is 2.39. The first-order valence-electron chi connectivity index (χ1n) is 15.2. The first-order valence-corrected chi connectivity index (χ1v) is 15.2. The highest BCUT2D eigenvalue weighted by atomic mass is 16.3. The summed E-state index contributed by atoms with van der Waals surface area (Å²) in [5.41, 5.74) is 8.38. The van der Waals surface area contributed by atoms with Crippen LogP contribution in [-0.4, -0.2) is 15.5 Å². The topological polar surface area (TPSA) is 46.1 Å². The van der Waals surface area contributed by atoms with E-state index in [0.717, 1.165) is 16.9 Å². The van der Waals surface area contributed by atoms with E-state index in [0.29, 0.717) is 17.8 Å². The minimum Gasteiger partial charge on any atom is -0.501 e. The van der Waals surface area contributed by atoms with Crippen molar-refractivity contribution in [3.8, 4) is 11.4 Å². The smallest absolute Gasteiger partial charge is 0.335 e. The lowest BCUT2D eigenvalue weighted by Crippen LogP contribution is -2.37. The van der Waals surface area contributed by atoms with E-state index in [9.17, 15) is 9.90 Å². The summed E-state index contributed by atoms with van der Waals surface area (Å²) in [6, 6.07) is 13.0. The molecule has 4 nitrogen and oxygen atoms in total. The number of ketones is 1. The average molecular weight is 554 g/mol. The van der Waals surface area contributed by atoms with Gasteiger partial charge in [0.15, 0.2) is 5.78 Å². The molecule has 218 valence electrons. The van der Waals surface area contributed by atoms with Gasteiger partial charge >= 0.3 is 5.82 Å². The van der Waals surface area contributed by atoms with Crippen molar-refractivity contribution in [3.05, 3.63) is 94.1 Å². The highest BCUT2D eigenvalue weighted by Gasteiger charge is 2.37. The van der Waals surface area contributed by atoms with E-state index in [4.69, 9.17) is 0 Å². The van der Waals surface area contributed by atoms with Crippen LogP contribution in [0.15, 0.2) is 66.0 Å². The summed E-state index contributed by atoms with van der Waals surface area (Å²) in [5, 5.41) is 12.2. The molecule has 2 aromatic carbocycles. The summed E-state index contributed by atoms with van der Waals surface area (Å²) in [6.07, 6.45) is 6.31. The fourth-order valence-electron chi connectivity index (χ4n) is 5.95. The van der Waals surface area contributed by atoms with Gasteiger partial charge in [-0.1, -0.05) is 118 Å².